The van der Waals surface area contributed by atoms with Gasteiger partial charge in [0.05, 0.1) is 11.1 Å². The number of imide groups is 2. The predicted octanol–water partition coefficient (Wildman–Crippen LogP) is 1.27. The van der Waals surface area contributed by atoms with Gasteiger partial charge in [0.25, 0.3) is 11.8 Å². The zero-order chi connectivity index (χ0) is 25.2. The van der Waals surface area contributed by atoms with Crippen LogP contribution in [0.3, 0.4) is 0 Å². The number of piperazine rings is 1. The summed E-state index contributed by atoms with van der Waals surface area (Å²) in [6.45, 7) is 4.14. The van der Waals surface area contributed by atoms with Gasteiger partial charge in [-0.15, -0.1) is 0 Å². The summed E-state index contributed by atoms with van der Waals surface area (Å²) in [7, 11) is 2.13. The minimum absolute atomic E-state index is 0.0785. The minimum atomic E-state index is -0.994. The number of carbonyl (C=O) groups excluding carboxylic acids is 4. The molecule has 1 unspecified atom stereocenters. The first-order valence-electron chi connectivity index (χ1n) is 11.9. The fourth-order valence-electron chi connectivity index (χ4n) is 4.64. The van der Waals surface area contributed by atoms with Crippen molar-refractivity contribution in [2.45, 2.75) is 18.9 Å². The third-order valence-electron chi connectivity index (χ3n) is 6.67. The summed E-state index contributed by atoms with van der Waals surface area (Å²) >= 11 is 0. The number of rotatable bonds is 4. The number of hydrogen-bond acceptors (Lipinski definition) is 7. The van der Waals surface area contributed by atoms with Gasteiger partial charge in [0.2, 0.25) is 11.8 Å². The molecule has 0 spiro atoms. The lowest BCUT2D eigenvalue weighted by Crippen LogP contribution is -2.54. The number of carbonyl (C=O) groups is 4. The summed E-state index contributed by atoms with van der Waals surface area (Å²) in [5.74, 6) is 4.36. The molecule has 9 heteroatoms. The molecule has 1 N–H and O–H groups in total. The number of fused-ring (bicyclic) bond motifs is 1. The number of hydrogen-bond donors (Lipinski definition) is 1. The summed E-state index contributed by atoms with van der Waals surface area (Å²) in [6, 6.07) is 11.7. The van der Waals surface area contributed by atoms with Crippen LogP contribution in [0.25, 0.3) is 0 Å². The highest BCUT2D eigenvalue weighted by atomic mass is 16.5. The maximum atomic E-state index is 12.9. The molecular weight excluding hydrogens is 460 g/mol. The average Bonchev–Trinajstić information content (AvgIpc) is 3.12. The van der Waals surface area contributed by atoms with Gasteiger partial charge in [0.1, 0.15) is 18.4 Å². The summed E-state index contributed by atoms with van der Waals surface area (Å²) in [5, 5.41) is 2.19. The molecule has 2 aromatic carbocycles. The van der Waals surface area contributed by atoms with Gasteiger partial charge in [-0.25, -0.2) is 0 Å². The van der Waals surface area contributed by atoms with Crippen LogP contribution in [0.15, 0.2) is 42.5 Å². The molecular formula is C27H26N4O5. The zero-order valence-electron chi connectivity index (χ0n) is 20.0. The van der Waals surface area contributed by atoms with Crippen LogP contribution in [-0.2, 0) is 9.59 Å². The molecule has 0 aliphatic carbocycles. The van der Waals surface area contributed by atoms with Crippen LogP contribution in [0.1, 0.15) is 39.1 Å². The molecule has 3 aliphatic rings. The molecule has 3 aliphatic heterocycles. The number of benzene rings is 2. The number of anilines is 1. The van der Waals surface area contributed by atoms with E-state index in [4.69, 9.17) is 4.74 Å². The highest BCUT2D eigenvalue weighted by Gasteiger charge is 2.44. The normalized spacial score (nSPS) is 20.1. The molecule has 36 heavy (non-hydrogen) atoms. The fourth-order valence-corrected chi connectivity index (χ4v) is 4.64. The monoisotopic (exact) mass is 486 g/mol. The Labute approximate surface area is 209 Å². The average molecular weight is 487 g/mol. The van der Waals surface area contributed by atoms with Gasteiger partial charge >= 0.3 is 0 Å². The second-order valence-electron chi connectivity index (χ2n) is 9.09. The molecule has 3 heterocycles. The van der Waals surface area contributed by atoms with Crippen molar-refractivity contribution >= 4 is 29.3 Å². The van der Waals surface area contributed by atoms with Gasteiger partial charge in [-0.1, -0.05) is 17.9 Å². The molecule has 2 aromatic rings. The molecule has 4 amide bonds. The third-order valence-corrected chi connectivity index (χ3v) is 6.67. The number of likely N-dealkylation sites (N-methyl/N-ethyl adjacent to an activating group) is 1. The molecule has 2 fully saturated rings. The highest BCUT2D eigenvalue weighted by Crippen LogP contribution is 2.30. The molecule has 0 saturated carbocycles. The number of nitrogens with one attached hydrogen (secondary N) is 1. The van der Waals surface area contributed by atoms with Crippen LogP contribution in [0.5, 0.6) is 5.75 Å². The van der Waals surface area contributed by atoms with Crippen LogP contribution >= 0.6 is 0 Å². The third kappa shape index (κ3) is 4.68. The van der Waals surface area contributed by atoms with Gasteiger partial charge in [0.15, 0.2) is 0 Å². The van der Waals surface area contributed by atoms with E-state index in [1.54, 1.807) is 6.07 Å². The van der Waals surface area contributed by atoms with Crippen molar-refractivity contribution in [1.82, 2.24) is 15.1 Å². The van der Waals surface area contributed by atoms with Crippen molar-refractivity contribution in [2.24, 2.45) is 0 Å². The van der Waals surface area contributed by atoms with E-state index in [9.17, 15) is 19.2 Å². The van der Waals surface area contributed by atoms with Gasteiger partial charge in [0, 0.05) is 43.9 Å². The first-order valence-corrected chi connectivity index (χ1v) is 11.9. The summed E-state index contributed by atoms with van der Waals surface area (Å²) < 4.78 is 5.72. The second-order valence-corrected chi connectivity index (χ2v) is 9.09. The lowest BCUT2D eigenvalue weighted by Gasteiger charge is -2.34. The highest BCUT2D eigenvalue weighted by molar-refractivity contribution is 6.23. The Morgan fingerprint density at radius 1 is 0.972 bits per heavy atom. The standard InChI is InChI=1S/C27H26N4O5/c1-29-11-13-30(14-12-29)19-6-2-4-18(16-19)5-3-15-36-20-7-8-21-22(17-20)27(35)31(26(21)34)23-9-10-24(32)28-25(23)33/h2,4,6-8,16-17,23H,9-15H2,1H3,(H,28,32,33). The van der Waals surface area contributed by atoms with E-state index >= 15 is 0 Å². The van der Waals surface area contributed by atoms with Crippen LogP contribution in [0.2, 0.25) is 0 Å². The smallest absolute Gasteiger partial charge is 0.262 e. The number of ether oxygens (including phenoxy) is 1. The Morgan fingerprint density at radius 3 is 2.53 bits per heavy atom. The first kappa shape index (κ1) is 23.6. The van der Waals surface area contributed by atoms with Crippen molar-refractivity contribution in [3.8, 4) is 17.6 Å². The molecule has 9 nitrogen and oxygen atoms in total. The molecule has 2 saturated heterocycles. The number of piperidine rings is 1. The van der Waals surface area contributed by atoms with Crippen molar-refractivity contribution in [1.29, 1.82) is 0 Å². The van der Waals surface area contributed by atoms with E-state index in [1.165, 1.54) is 12.1 Å². The Morgan fingerprint density at radius 2 is 1.75 bits per heavy atom. The van der Waals surface area contributed by atoms with Crippen LogP contribution in [0, 0.1) is 11.8 Å². The quantitative estimate of drug-likeness (QED) is 0.513. The molecule has 1 atom stereocenters. The number of amides is 4. The first-order chi connectivity index (χ1) is 17.4. The van der Waals surface area contributed by atoms with Gasteiger partial charge in [-0.05, 0) is 49.9 Å². The minimum Gasteiger partial charge on any atom is -0.481 e. The molecule has 0 radical (unpaired) electrons. The van der Waals surface area contributed by atoms with Crippen LogP contribution in [0.4, 0.5) is 5.69 Å². The molecule has 0 aromatic heterocycles. The van der Waals surface area contributed by atoms with Crippen molar-refractivity contribution < 1.29 is 23.9 Å². The van der Waals surface area contributed by atoms with Crippen LogP contribution < -0.4 is 15.0 Å². The van der Waals surface area contributed by atoms with Gasteiger partial charge in [-0.2, -0.15) is 0 Å². The van der Waals surface area contributed by atoms with Crippen molar-refractivity contribution in [3.63, 3.8) is 0 Å². The van der Waals surface area contributed by atoms with E-state index in [0.29, 0.717) is 5.75 Å². The SMILES string of the molecule is CN1CCN(c2cccc(C#CCOc3ccc4c(c3)C(=O)N(C3CCC(=O)NC3=O)C4=O)c2)CC1. The zero-order valence-corrected chi connectivity index (χ0v) is 20.0. The molecule has 184 valence electrons. The maximum Gasteiger partial charge on any atom is 0.262 e. The van der Waals surface area contributed by atoms with Crippen molar-refractivity contribution in [2.75, 3.05) is 44.7 Å². The van der Waals surface area contributed by atoms with Gasteiger partial charge < -0.3 is 14.5 Å². The molecule has 0 bridgehead atoms. The van der Waals surface area contributed by atoms with Crippen LogP contribution in [-0.4, -0.2) is 79.3 Å². The van der Waals surface area contributed by atoms with E-state index in [0.717, 1.165) is 42.3 Å². The molecule has 5 rings (SSSR count). The Hall–Kier alpha value is -4.16. The van der Waals surface area contributed by atoms with E-state index in [2.05, 4.69) is 46.1 Å². The summed E-state index contributed by atoms with van der Waals surface area (Å²) in [4.78, 5) is 54.9. The number of nitrogens with zero attached hydrogens (tertiary/aromatic N) is 3. The topological polar surface area (TPSA) is 99.3 Å². The van der Waals surface area contributed by atoms with Crippen molar-refractivity contribution in [3.05, 3.63) is 59.2 Å². The Kier molecular flexibility index (Phi) is 6.44. The second kappa shape index (κ2) is 9.84. The Bertz CT molecular complexity index is 1300. The fraction of sp³-hybridized carbons (Fsp3) is 0.333. The largest absolute Gasteiger partial charge is 0.481 e. The Balaban J connectivity index is 1.23. The van der Waals surface area contributed by atoms with Gasteiger partial charge in [-0.3, -0.25) is 29.4 Å². The van der Waals surface area contributed by atoms with E-state index in [-0.39, 0.29) is 30.6 Å². The summed E-state index contributed by atoms with van der Waals surface area (Å²) in [5.41, 5.74) is 2.43. The van der Waals surface area contributed by atoms with E-state index in [1.807, 2.05) is 12.1 Å². The lowest BCUT2D eigenvalue weighted by atomic mass is 10.0. The summed E-state index contributed by atoms with van der Waals surface area (Å²) in [6.07, 6.45) is 0.195. The predicted molar refractivity (Wildman–Crippen MR) is 132 cm³/mol. The lowest BCUT2D eigenvalue weighted by molar-refractivity contribution is -0.136. The van der Waals surface area contributed by atoms with E-state index < -0.39 is 29.7 Å². The maximum absolute atomic E-state index is 12.9.